The first-order chi connectivity index (χ1) is 12.3. The van der Waals surface area contributed by atoms with Crippen molar-refractivity contribution in [3.8, 4) is 0 Å². The van der Waals surface area contributed by atoms with Crippen LogP contribution in [0.3, 0.4) is 0 Å². The van der Waals surface area contributed by atoms with E-state index in [1.54, 1.807) is 0 Å². The lowest BCUT2D eigenvalue weighted by molar-refractivity contribution is -0.134. The predicted molar refractivity (Wildman–Crippen MR) is 107 cm³/mol. The third kappa shape index (κ3) is 3.23. The number of piperidine rings is 1. The molecule has 1 saturated heterocycles. The molecule has 1 aliphatic heterocycles. The van der Waals surface area contributed by atoms with Crippen LogP contribution in [0.25, 0.3) is 10.8 Å². The van der Waals surface area contributed by atoms with Crippen molar-refractivity contribution in [3.63, 3.8) is 0 Å². The predicted octanol–water partition coefficient (Wildman–Crippen LogP) is 4.14. The van der Waals surface area contributed by atoms with Crippen LogP contribution in [0.1, 0.15) is 37.7 Å². The summed E-state index contributed by atoms with van der Waals surface area (Å²) in [5.74, 6) is 0.716. The van der Waals surface area contributed by atoms with E-state index in [1.165, 1.54) is 42.0 Å². The number of benzene rings is 2. The number of carbonyl (C=O) groups is 1. The summed E-state index contributed by atoms with van der Waals surface area (Å²) in [7, 11) is 0. The van der Waals surface area contributed by atoms with Crippen molar-refractivity contribution in [3.05, 3.63) is 48.0 Å². The van der Waals surface area contributed by atoms with Gasteiger partial charge in [0.25, 0.3) is 0 Å². The van der Waals surface area contributed by atoms with Gasteiger partial charge in [-0.3, -0.25) is 4.79 Å². The lowest BCUT2D eigenvalue weighted by Gasteiger charge is -2.27. The number of fused-ring (bicyclic) bond motifs is 1. The Labute approximate surface area is 161 Å². The summed E-state index contributed by atoms with van der Waals surface area (Å²) in [6, 6.07) is 15.6. The highest BCUT2D eigenvalue weighted by Gasteiger charge is 2.59. The fourth-order valence-corrected chi connectivity index (χ4v) is 4.68. The van der Waals surface area contributed by atoms with E-state index in [4.69, 9.17) is 0 Å². The van der Waals surface area contributed by atoms with E-state index in [0.29, 0.717) is 17.4 Å². The smallest absolute Gasteiger partial charge is 0.226 e. The number of nitrogens with one attached hydrogen (secondary N) is 1. The minimum absolute atomic E-state index is 0. The van der Waals surface area contributed by atoms with E-state index < -0.39 is 0 Å². The van der Waals surface area contributed by atoms with Crippen molar-refractivity contribution in [2.75, 3.05) is 13.1 Å². The molecule has 26 heavy (non-hydrogen) atoms. The highest BCUT2D eigenvalue weighted by atomic mass is 35.5. The van der Waals surface area contributed by atoms with Crippen LogP contribution in [0.4, 0.5) is 0 Å². The Morgan fingerprint density at radius 2 is 1.81 bits per heavy atom. The van der Waals surface area contributed by atoms with Gasteiger partial charge in [0.2, 0.25) is 5.91 Å². The topological polar surface area (TPSA) is 32.3 Å². The van der Waals surface area contributed by atoms with Crippen LogP contribution < -0.4 is 5.32 Å². The Morgan fingerprint density at radius 3 is 2.54 bits per heavy atom. The van der Waals surface area contributed by atoms with Gasteiger partial charge in [0, 0.05) is 18.5 Å². The zero-order valence-corrected chi connectivity index (χ0v) is 15.9. The molecule has 3 fully saturated rings. The molecule has 1 heterocycles. The maximum absolute atomic E-state index is 13.2. The minimum Gasteiger partial charge on any atom is -0.335 e. The van der Waals surface area contributed by atoms with Crippen LogP contribution in [0, 0.1) is 11.3 Å². The maximum Gasteiger partial charge on any atom is 0.226 e. The summed E-state index contributed by atoms with van der Waals surface area (Å²) in [5.41, 5.74) is 1.60. The van der Waals surface area contributed by atoms with Gasteiger partial charge in [-0.15, -0.1) is 12.4 Å². The molecule has 4 heteroatoms. The van der Waals surface area contributed by atoms with Gasteiger partial charge in [0.15, 0.2) is 0 Å². The van der Waals surface area contributed by atoms with Crippen LogP contribution in [0.5, 0.6) is 0 Å². The van der Waals surface area contributed by atoms with Crippen molar-refractivity contribution in [1.29, 1.82) is 0 Å². The zero-order valence-electron chi connectivity index (χ0n) is 15.1. The van der Waals surface area contributed by atoms with Crippen LogP contribution in [0.15, 0.2) is 42.5 Å². The van der Waals surface area contributed by atoms with Crippen molar-refractivity contribution in [2.45, 2.75) is 44.7 Å². The van der Waals surface area contributed by atoms with E-state index in [-0.39, 0.29) is 18.3 Å². The zero-order chi connectivity index (χ0) is 16.9. The maximum atomic E-state index is 13.2. The molecule has 1 unspecified atom stereocenters. The molecule has 2 aromatic carbocycles. The van der Waals surface area contributed by atoms with Crippen LogP contribution >= 0.6 is 12.4 Å². The molecule has 138 valence electrons. The summed E-state index contributed by atoms with van der Waals surface area (Å²) in [6.07, 6.45) is 5.84. The number of rotatable bonds is 4. The normalized spacial score (nSPS) is 23.5. The first-order valence-electron chi connectivity index (χ1n) is 9.74. The van der Waals surface area contributed by atoms with E-state index >= 15 is 0 Å². The number of hydrogen-bond acceptors (Lipinski definition) is 2. The molecule has 1 amide bonds. The van der Waals surface area contributed by atoms with Crippen LogP contribution in [0.2, 0.25) is 0 Å². The van der Waals surface area contributed by atoms with Gasteiger partial charge in [-0.05, 0) is 73.0 Å². The molecule has 3 aliphatic rings. The minimum atomic E-state index is 0. The van der Waals surface area contributed by atoms with Gasteiger partial charge >= 0.3 is 0 Å². The van der Waals surface area contributed by atoms with Crippen molar-refractivity contribution >= 4 is 29.1 Å². The average molecular weight is 371 g/mol. The number of nitrogens with zero attached hydrogens (tertiary/aromatic N) is 1. The molecule has 1 N–H and O–H groups in total. The summed E-state index contributed by atoms with van der Waals surface area (Å²) in [6.45, 7) is 2.94. The van der Waals surface area contributed by atoms with Gasteiger partial charge in [-0.25, -0.2) is 0 Å². The molecule has 2 saturated carbocycles. The molecule has 0 radical (unpaired) electrons. The van der Waals surface area contributed by atoms with Gasteiger partial charge in [-0.1, -0.05) is 36.4 Å². The van der Waals surface area contributed by atoms with Crippen LogP contribution in [-0.4, -0.2) is 29.9 Å². The summed E-state index contributed by atoms with van der Waals surface area (Å²) in [4.78, 5) is 15.4. The Kier molecular flexibility index (Phi) is 4.70. The Balaban J connectivity index is 0.00000168. The SMILES string of the molecule is Cl.O=C(C1CC12CCNCC2)N(Cc1ccc2ccccc2c1)C1CC1. The molecule has 5 rings (SSSR count). The summed E-state index contributed by atoms with van der Waals surface area (Å²) < 4.78 is 0. The van der Waals surface area contributed by atoms with Gasteiger partial charge in [0.1, 0.15) is 0 Å². The lowest BCUT2D eigenvalue weighted by Crippen LogP contribution is -2.37. The monoisotopic (exact) mass is 370 g/mol. The number of halogens is 1. The Bertz CT molecular complexity index is 811. The Hall–Kier alpha value is -1.58. The molecular weight excluding hydrogens is 344 g/mol. The fourth-order valence-electron chi connectivity index (χ4n) is 4.68. The third-order valence-corrected chi connectivity index (χ3v) is 6.52. The summed E-state index contributed by atoms with van der Waals surface area (Å²) in [5, 5.41) is 5.97. The lowest BCUT2D eigenvalue weighted by atomic mass is 9.91. The second kappa shape index (κ2) is 6.86. The first kappa shape index (κ1) is 17.8. The van der Waals surface area contributed by atoms with E-state index in [9.17, 15) is 4.79 Å². The van der Waals surface area contributed by atoms with Crippen molar-refractivity contribution in [2.24, 2.45) is 11.3 Å². The second-order valence-electron chi connectivity index (χ2n) is 8.25. The standard InChI is InChI=1S/C22H26N2O.ClH/c25-21(20-14-22(20)9-11-23-12-10-22)24(19-7-8-19)15-16-5-6-17-3-1-2-4-18(17)13-16;/h1-6,13,19-20,23H,7-12,14-15H2;1H. The van der Waals surface area contributed by atoms with Gasteiger partial charge in [-0.2, -0.15) is 0 Å². The largest absolute Gasteiger partial charge is 0.335 e. The average Bonchev–Trinajstić information content (AvgIpc) is 3.57. The van der Waals surface area contributed by atoms with Crippen molar-refractivity contribution in [1.82, 2.24) is 10.2 Å². The number of carbonyl (C=O) groups excluding carboxylic acids is 1. The Morgan fingerprint density at radius 1 is 1.08 bits per heavy atom. The molecule has 0 aromatic heterocycles. The first-order valence-corrected chi connectivity index (χ1v) is 9.74. The van der Waals surface area contributed by atoms with Gasteiger partial charge in [0.05, 0.1) is 0 Å². The summed E-state index contributed by atoms with van der Waals surface area (Å²) >= 11 is 0. The van der Waals surface area contributed by atoms with Crippen molar-refractivity contribution < 1.29 is 4.79 Å². The molecule has 2 aliphatic carbocycles. The van der Waals surface area contributed by atoms with E-state index in [0.717, 1.165) is 26.1 Å². The molecule has 2 aromatic rings. The number of amides is 1. The van der Waals surface area contributed by atoms with E-state index in [2.05, 4.69) is 52.7 Å². The quantitative estimate of drug-likeness (QED) is 0.877. The molecule has 3 nitrogen and oxygen atoms in total. The highest BCUT2D eigenvalue weighted by Crippen LogP contribution is 2.59. The highest BCUT2D eigenvalue weighted by molar-refractivity contribution is 5.85. The van der Waals surface area contributed by atoms with Gasteiger partial charge < -0.3 is 10.2 Å². The second-order valence-corrected chi connectivity index (χ2v) is 8.25. The van der Waals surface area contributed by atoms with E-state index in [1.807, 2.05) is 0 Å². The molecule has 1 spiro atoms. The van der Waals surface area contributed by atoms with Crippen LogP contribution in [-0.2, 0) is 11.3 Å². The fraction of sp³-hybridized carbons (Fsp3) is 0.500. The molecule has 1 atom stereocenters. The molecular formula is C22H27ClN2O. The number of hydrogen-bond donors (Lipinski definition) is 1. The third-order valence-electron chi connectivity index (χ3n) is 6.52. The molecule has 0 bridgehead atoms.